The Bertz CT molecular complexity index is 1140. The Morgan fingerprint density at radius 2 is 1.94 bits per heavy atom. The SMILES string of the molecule is COc1cc(/C=C2\CCCN(Cc3ccc(C)c(C)c3)C2=O)ccc1-n1cnc(C)c1. The van der Waals surface area contributed by atoms with Crippen LogP contribution in [0.4, 0.5) is 0 Å². The van der Waals surface area contributed by atoms with Gasteiger partial charge in [-0.3, -0.25) is 4.79 Å². The Labute approximate surface area is 184 Å². The van der Waals surface area contributed by atoms with Gasteiger partial charge in [-0.25, -0.2) is 4.98 Å². The molecule has 1 saturated heterocycles. The number of amides is 1. The molecule has 2 aromatic carbocycles. The molecule has 3 aromatic rings. The van der Waals surface area contributed by atoms with E-state index in [9.17, 15) is 4.79 Å². The summed E-state index contributed by atoms with van der Waals surface area (Å²) in [6.07, 6.45) is 7.52. The maximum Gasteiger partial charge on any atom is 0.250 e. The van der Waals surface area contributed by atoms with Crippen molar-refractivity contribution in [1.82, 2.24) is 14.5 Å². The standard InChI is InChI=1S/C26H29N3O2/c1-18-7-8-22(12-19(18)2)16-28-11-5-6-23(26(28)30)13-21-9-10-24(25(14-21)31-4)29-15-20(3)27-17-29/h7-10,12-15,17H,5-6,11,16H2,1-4H3/b23-13+. The zero-order chi connectivity index (χ0) is 22.0. The number of benzene rings is 2. The quantitative estimate of drug-likeness (QED) is 0.550. The fourth-order valence-electron chi connectivity index (χ4n) is 4.03. The fourth-order valence-corrected chi connectivity index (χ4v) is 4.03. The number of methoxy groups -OCH3 is 1. The summed E-state index contributed by atoms with van der Waals surface area (Å²) in [5.74, 6) is 0.875. The molecule has 0 saturated carbocycles. The Kier molecular flexibility index (Phi) is 5.94. The maximum absolute atomic E-state index is 13.1. The minimum atomic E-state index is 0.123. The van der Waals surface area contributed by atoms with Gasteiger partial charge in [0.15, 0.2) is 0 Å². The van der Waals surface area contributed by atoms with Crippen molar-refractivity contribution in [2.75, 3.05) is 13.7 Å². The van der Waals surface area contributed by atoms with Gasteiger partial charge < -0.3 is 14.2 Å². The number of nitrogens with zero attached hydrogens (tertiary/aromatic N) is 3. The van der Waals surface area contributed by atoms with Crippen LogP contribution in [-0.4, -0.2) is 34.0 Å². The minimum Gasteiger partial charge on any atom is -0.495 e. The van der Waals surface area contributed by atoms with Crippen molar-refractivity contribution >= 4 is 12.0 Å². The fraction of sp³-hybridized carbons (Fsp3) is 0.308. The molecule has 0 bridgehead atoms. The number of aryl methyl sites for hydroxylation is 3. The monoisotopic (exact) mass is 415 g/mol. The largest absolute Gasteiger partial charge is 0.495 e. The van der Waals surface area contributed by atoms with Gasteiger partial charge in [0.1, 0.15) is 5.75 Å². The van der Waals surface area contributed by atoms with Crippen LogP contribution in [0.25, 0.3) is 11.8 Å². The number of carbonyl (C=O) groups is 1. The lowest BCUT2D eigenvalue weighted by molar-refractivity contribution is -0.129. The molecule has 1 aromatic heterocycles. The lowest BCUT2D eigenvalue weighted by Crippen LogP contribution is -2.36. The number of likely N-dealkylation sites (tertiary alicyclic amines) is 1. The van der Waals surface area contributed by atoms with Gasteiger partial charge in [0, 0.05) is 24.9 Å². The number of hydrogen-bond acceptors (Lipinski definition) is 3. The molecule has 1 fully saturated rings. The van der Waals surface area contributed by atoms with Gasteiger partial charge in [0.25, 0.3) is 0 Å². The molecule has 1 amide bonds. The van der Waals surface area contributed by atoms with Gasteiger partial charge >= 0.3 is 0 Å². The van der Waals surface area contributed by atoms with E-state index in [4.69, 9.17) is 4.74 Å². The Balaban J connectivity index is 1.56. The highest BCUT2D eigenvalue weighted by molar-refractivity contribution is 5.98. The molecule has 5 nitrogen and oxygen atoms in total. The number of rotatable bonds is 5. The number of hydrogen-bond donors (Lipinski definition) is 0. The van der Waals surface area contributed by atoms with E-state index in [1.807, 2.05) is 46.9 Å². The summed E-state index contributed by atoms with van der Waals surface area (Å²) in [4.78, 5) is 19.4. The molecule has 0 radical (unpaired) electrons. The van der Waals surface area contributed by atoms with Crippen molar-refractivity contribution in [3.05, 3.63) is 82.4 Å². The molecule has 4 rings (SSSR count). The molecule has 2 heterocycles. The molecule has 0 spiro atoms. The number of aromatic nitrogens is 2. The van der Waals surface area contributed by atoms with E-state index in [1.165, 1.54) is 16.7 Å². The highest BCUT2D eigenvalue weighted by atomic mass is 16.5. The van der Waals surface area contributed by atoms with E-state index in [-0.39, 0.29) is 5.91 Å². The summed E-state index contributed by atoms with van der Waals surface area (Å²) in [5.41, 5.74) is 7.41. The van der Waals surface area contributed by atoms with Crippen LogP contribution in [0, 0.1) is 20.8 Å². The number of imidazole rings is 1. The van der Waals surface area contributed by atoms with Gasteiger partial charge in [0.05, 0.1) is 24.8 Å². The molecule has 0 aliphatic carbocycles. The molecule has 0 unspecified atom stereocenters. The second kappa shape index (κ2) is 8.80. The van der Waals surface area contributed by atoms with Crippen LogP contribution in [0.15, 0.2) is 54.5 Å². The van der Waals surface area contributed by atoms with Crippen LogP contribution in [0.3, 0.4) is 0 Å². The van der Waals surface area contributed by atoms with Crippen molar-refractivity contribution in [3.63, 3.8) is 0 Å². The first kappa shape index (κ1) is 20.9. The van der Waals surface area contributed by atoms with Crippen LogP contribution in [-0.2, 0) is 11.3 Å². The molecule has 0 atom stereocenters. The van der Waals surface area contributed by atoms with E-state index < -0.39 is 0 Å². The first-order valence-corrected chi connectivity index (χ1v) is 10.7. The third-order valence-corrected chi connectivity index (χ3v) is 5.92. The summed E-state index contributed by atoms with van der Waals surface area (Å²) in [5, 5.41) is 0. The van der Waals surface area contributed by atoms with Crippen molar-refractivity contribution < 1.29 is 9.53 Å². The van der Waals surface area contributed by atoms with E-state index in [1.54, 1.807) is 13.4 Å². The molecule has 0 N–H and O–H groups in total. The zero-order valence-electron chi connectivity index (χ0n) is 18.7. The van der Waals surface area contributed by atoms with Gasteiger partial charge in [-0.15, -0.1) is 0 Å². The molecule has 1 aliphatic rings. The summed E-state index contributed by atoms with van der Waals surface area (Å²) < 4.78 is 7.56. The average Bonchev–Trinajstić information content (AvgIpc) is 3.19. The third-order valence-electron chi connectivity index (χ3n) is 5.92. The van der Waals surface area contributed by atoms with Crippen molar-refractivity contribution in [1.29, 1.82) is 0 Å². The average molecular weight is 416 g/mol. The topological polar surface area (TPSA) is 47.4 Å². The minimum absolute atomic E-state index is 0.123. The molecule has 31 heavy (non-hydrogen) atoms. The predicted octanol–water partition coefficient (Wildman–Crippen LogP) is 5.01. The van der Waals surface area contributed by atoms with Crippen molar-refractivity contribution in [2.24, 2.45) is 0 Å². The maximum atomic E-state index is 13.1. The van der Waals surface area contributed by atoms with Gasteiger partial charge in [-0.1, -0.05) is 24.3 Å². The van der Waals surface area contributed by atoms with E-state index in [2.05, 4.69) is 37.0 Å². The lowest BCUT2D eigenvalue weighted by atomic mass is 9.99. The first-order valence-electron chi connectivity index (χ1n) is 10.7. The van der Waals surface area contributed by atoms with Crippen LogP contribution in [0.2, 0.25) is 0 Å². The Hall–Kier alpha value is -3.34. The normalized spacial score (nSPS) is 15.5. The summed E-state index contributed by atoms with van der Waals surface area (Å²) >= 11 is 0. The van der Waals surface area contributed by atoms with Gasteiger partial charge in [-0.2, -0.15) is 0 Å². The smallest absolute Gasteiger partial charge is 0.250 e. The van der Waals surface area contributed by atoms with Crippen LogP contribution in [0.5, 0.6) is 5.75 Å². The number of ether oxygens (including phenoxy) is 1. The second-order valence-corrected chi connectivity index (χ2v) is 8.27. The van der Waals surface area contributed by atoms with Crippen LogP contribution >= 0.6 is 0 Å². The molecular weight excluding hydrogens is 386 g/mol. The zero-order valence-corrected chi connectivity index (χ0v) is 18.7. The van der Waals surface area contributed by atoms with E-state index in [0.29, 0.717) is 6.54 Å². The second-order valence-electron chi connectivity index (χ2n) is 8.27. The molecule has 1 aliphatic heterocycles. The van der Waals surface area contributed by atoms with Gasteiger partial charge in [-0.05, 0) is 74.1 Å². The number of carbonyl (C=O) groups excluding carboxylic acids is 1. The van der Waals surface area contributed by atoms with Crippen molar-refractivity contribution in [3.8, 4) is 11.4 Å². The molecule has 160 valence electrons. The predicted molar refractivity (Wildman–Crippen MR) is 123 cm³/mol. The first-order chi connectivity index (χ1) is 14.9. The van der Waals surface area contributed by atoms with Crippen molar-refractivity contribution in [2.45, 2.75) is 40.2 Å². The highest BCUT2D eigenvalue weighted by Crippen LogP contribution is 2.28. The highest BCUT2D eigenvalue weighted by Gasteiger charge is 2.23. The van der Waals surface area contributed by atoms with Crippen LogP contribution in [0.1, 0.15) is 40.8 Å². The number of piperidine rings is 1. The Morgan fingerprint density at radius 3 is 2.65 bits per heavy atom. The Morgan fingerprint density at radius 1 is 1.10 bits per heavy atom. The summed E-state index contributed by atoms with van der Waals surface area (Å²) in [6, 6.07) is 12.4. The van der Waals surface area contributed by atoms with Gasteiger partial charge in [0.2, 0.25) is 5.91 Å². The molecular formula is C26H29N3O2. The van der Waals surface area contributed by atoms with Crippen LogP contribution < -0.4 is 4.74 Å². The summed E-state index contributed by atoms with van der Waals surface area (Å²) in [7, 11) is 1.66. The van der Waals surface area contributed by atoms with E-state index in [0.717, 1.165) is 47.7 Å². The third kappa shape index (κ3) is 4.55. The van der Waals surface area contributed by atoms with E-state index >= 15 is 0 Å². The molecule has 5 heteroatoms. The summed E-state index contributed by atoms with van der Waals surface area (Å²) in [6.45, 7) is 7.63. The lowest BCUT2D eigenvalue weighted by Gasteiger charge is -2.29.